The van der Waals surface area contributed by atoms with Crippen molar-refractivity contribution in [1.29, 1.82) is 0 Å². The number of benzene rings is 2. The van der Waals surface area contributed by atoms with Gasteiger partial charge in [-0.2, -0.15) is 0 Å². The largest absolute Gasteiger partial charge is 0.368 e. The number of anilines is 2. The summed E-state index contributed by atoms with van der Waals surface area (Å²) in [6.07, 6.45) is 2.08. The Morgan fingerprint density at radius 3 is 2.11 bits per heavy atom. The fraction of sp³-hybridized carbons (Fsp3) is 0.200. The van der Waals surface area contributed by atoms with E-state index in [1.807, 2.05) is 0 Å². The molecule has 0 bridgehead atoms. The third-order valence-corrected chi connectivity index (χ3v) is 5.10. The van der Waals surface area contributed by atoms with Crippen molar-refractivity contribution >= 4 is 41.1 Å². The maximum absolute atomic E-state index is 13.7. The van der Waals surface area contributed by atoms with Gasteiger partial charge >= 0.3 is 0 Å². The molecule has 1 aromatic heterocycles. The van der Waals surface area contributed by atoms with E-state index < -0.39 is 23.4 Å². The van der Waals surface area contributed by atoms with Crippen LogP contribution in [-0.2, 0) is 9.59 Å². The average Bonchev–Trinajstić information content (AvgIpc) is 2.87. The van der Waals surface area contributed by atoms with E-state index in [0.29, 0.717) is 42.1 Å². The van der Waals surface area contributed by atoms with Crippen molar-refractivity contribution in [3.8, 4) is 11.4 Å². The Morgan fingerprint density at radius 2 is 1.49 bits per heavy atom. The number of rotatable bonds is 11. The maximum Gasteiger partial charge on any atom is 0.244 e. The molecule has 2 amide bonds. The Balaban J connectivity index is 1.59. The Kier molecular flexibility index (Phi) is 9.84. The molecule has 1 heterocycles. The number of nitrogens with one attached hydrogen (secondary N) is 4. The molecule has 3 rings (SSSR count). The SMILES string of the molecule is CC(=O)NCCNc1cc(NCCNC(=O)C=Cc2ccc(F)c(F)c2F)nc(-c2ccc(Cl)cc2)n1. The van der Waals surface area contributed by atoms with Crippen molar-refractivity contribution < 1.29 is 22.8 Å². The van der Waals surface area contributed by atoms with Gasteiger partial charge in [-0.1, -0.05) is 11.6 Å². The van der Waals surface area contributed by atoms with Crippen molar-refractivity contribution in [2.75, 3.05) is 36.8 Å². The van der Waals surface area contributed by atoms with Gasteiger partial charge < -0.3 is 21.3 Å². The summed E-state index contributed by atoms with van der Waals surface area (Å²) in [6.45, 7) is 2.76. The summed E-state index contributed by atoms with van der Waals surface area (Å²) in [5, 5.41) is 12.1. The minimum absolute atomic E-state index is 0.138. The highest BCUT2D eigenvalue weighted by atomic mass is 35.5. The van der Waals surface area contributed by atoms with Crippen molar-refractivity contribution in [2.45, 2.75) is 6.92 Å². The van der Waals surface area contributed by atoms with Gasteiger partial charge in [0.05, 0.1) is 0 Å². The predicted octanol–water partition coefficient (Wildman–Crippen LogP) is 4.00. The highest BCUT2D eigenvalue weighted by molar-refractivity contribution is 6.30. The first-order valence-electron chi connectivity index (χ1n) is 11.2. The number of halogens is 4. The molecule has 2 aromatic carbocycles. The molecule has 37 heavy (non-hydrogen) atoms. The molecule has 0 aliphatic rings. The van der Waals surface area contributed by atoms with E-state index in [4.69, 9.17) is 11.6 Å². The normalized spacial score (nSPS) is 10.8. The van der Waals surface area contributed by atoms with Crippen LogP contribution < -0.4 is 21.3 Å². The van der Waals surface area contributed by atoms with E-state index in [-0.39, 0.29) is 18.0 Å². The van der Waals surface area contributed by atoms with Gasteiger partial charge in [0.1, 0.15) is 11.6 Å². The minimum Gasteiger partial charge on any atom is -0.368 e. The van der Waals surface area contributed by atoms with Gasteiger partial charge in [0.15, 0.2) is 23.3 Å². The topological polar surface area (TPSA) is 108 Å². The molecule has 12 heteroatoms. The molecule has 0 spiro atoms. The van der Waals surface area contributed by atoms with E-state index in [1.54, 1.807) is 30.3 Å². The lowest BCUT2D eigenvalue weighted by Crippen LogP contribution is -2.27. The molecule has 4 N–H and O–H groups in total. The second-order valence-corrected chi connectivity index (χ2v) is 8.13. The second kappa shape index (κ2) is 13.3. The van der Waals surface area contributed by atoms with Crippen LogP contribution in [0.3, 0.4) is 0 Å². The molecule has 0 atom stereocenters. The summed E-state index contributed by atoms with van der Waals surface area (Å²) >= 11 is 5.97. The molecule has 8 nitrogen and oxygen atoms in total. The van der Waals surface area contributed by atoms with Crippen LogP contribution in [0, 0.1) is 17.5 Å². The molecule has 3 aromatic rings. The Morgan fingerprint density at radius 1 is 0.865 bits per heavy atom. The quantitative estimate of drug-likeness (QED) is 0.169. The number of amides is 2. The summed E-state index contributed by atoms with van der Waals surface area (Å²) in [7, 11) is 0. The average molecular weight is 533 g/mol. The van der Waals surface area contributed by atoms with Gasteiger partial charge in [0.25, 0.3) is 0 Å². The zero-order valence-corrected chi connectivity index (χ0v) is 20.5. The molecule has 0 fully saturated rings. The number of aromatic nitrogens is 2. The summed E-state index contributed by atoms with van der Waals surface area (Å²) in [6, 6.07) is 10.5. The van der Waals surface area contributed by atoms with Crippen LogP contribution >= 0.6 is 11.6 Å². The van der Waals surface area contributed by atoms with Gasteiger partial charge in [-0.25, -0.2) is 23.1 Å². The molecule has 0 aliphatic heterocycles. The molecule has 0 saturated heterocycles. The number of hydrogen-bond donors (Lipinski definition) is 4. The lowest BCUT2D eigenvalue weighted by molar-refractivity contribution is -0.119. The highest BCUT2D eigenvalue weighted by Crippen LogP contribution is 2.22. The summed E-state index contributed by atoms with van der Waals surface area (Å²) in [5.74, 6) is -3.52. The first-order valence-corrected chi connectivity index (χ1v) is 11.6. The van der Waals surface area contributed by atoms with Crippen LogP contribution in [0.15, 0.2) is 48.5 Å². The van der Waals surface area contributed by atoms with E-state index in [1.165, 1.54) is 6.92 Å². The molecule has 194 valence electrons. The first kappa shape index (κ1) is 27.5. The van der Waals surface area contributed by atoms with E-state index in [2.05, 4.69) is 31.2 Å². The van der Waals surface area contributed by atoms with Crippen LogP contribution in [0.1, 0.15) is 12.5 Å². The summed E-state index contributed by atoms with van der Waals surface area (Å²) in [4.78, 5) is 32.1. The number of hydrogen-bond acceptors (Lipinski definition) is 6. The van der Waals surface area contributed by atoms with E-state index in [9.17, 15) is 22.8 Å². The molecule has 0 unspecified atom stereocenters. The maximum atomic E-state index is 13.7. The third kappa shape index (κ3) is 8.50. The van der Waals surface area contributed by atoms with Crippen LogP contribution in [-0.4, -0.2) is 48.0 Å². The molecule has 0 saturated carbocycles. The lowest BCUT2D eigenvalue weighted by Gasteiger charge is -2.12. The van der Waals surface area contributed by atoms with Crippen molar-refractivity contribution in [3.63, 3.8) is 0 Å². The molecule has 0 aliphatic carbocycles. The van der Waals surface area contributed by atoms with Crippen LogP contribution in [0.25, 0.3) is 17.5 Å². The monoisotopic (exact) mass is 532 g/mol. The first-order chi connectivity index (χ1) is 17.7. The van der Waals surface area contributed by atoms with Crippen LogP contribution in [0.5, 0.6) is 0 Å². The van der Waals surface area contributed by atoms with Crippen LogP contribution in [0.4, 0.5) is 24.8 Å². The number of carbonyl (C=O) groups is 2. The van der Waals surface area contributed by atoms with E-state index in [0.717, 1.165) is 29.8 Å². The number of carbonyl (C=O) groups excluding carboxylic acids is 2. The fourth-order valence-corrected chi connectivity index (χ4v) is 3.18. The van der Waals surface area contributed by atoms with Gasteiger partial charge in [-0.15, -0.1) is 0 Å². The highest BCUT2D eigenvalue weighted by Gasteiger charge is 2.12. The third-order valence-electron chi connectivity index (χ3n) is 4.84. The van der Waals surface area contributed by atoms with E-state index >= 15 is 0 Å². The zero-order chi connectivity index (χ0) is 26.8. The molecule has 0 radical (unpaired) electrons. The zero-order valence-electron chi connectivity index (χ0n) is 19.7. The minimum atomic E-state index is -1.60. The smallest absolute Gasteiger partial charge is 0.244 e. The van der Waals surface area contributed by atoms with Gasteiger partial charge in [-0.05, 0) is 42.5 Å². The Labute approximate surface area is 216 Å². The summed E-state index contributed by atoms with van der Waals surface area (Å²) in [5.41, 5.74) is 0.488. The summed E-state index contributed by atoms with van der Waals surface area (Å²) < 4.78 is 40.0. The Hall–Kier alpha value is -4.12. The second-order valence-electron chi connectivity index (χ2n) is 7.69. The predicted molar refractivity (Wildman–Crippen MR) is 137 cm³/mol. The van der Waals surface area contributed by atoms with Crippen molar-refractivity contribution in [1.82, 2.24) is 20.6 Å². The standard InChI is InChI=1S/C25H24ClF3N6O2/c1-15(36)30-10-11-31-20-14-21(35-25(34-20)17-2-6-18(26)7-3-17)32-12-13-33-22(37)9-5-16-4-8-19(27)24(29)23(16)28/h2-9,14H,10-13H2,1H3,(H,30,36)(H,33,37)(H2,31,32,34,35). The van der Waals surface area contributed by atoms with Gasteiger partial charge in [-0.3, -0.25) is 9.59 Å². The van der Waals surface area contributed by atoms with Crippen molar-refractivity contribution in [2.24, 2.45) is 0 Å². The van der Waals surface area contributed by atoms with Gasteiger partial charge in [0, 0.05) is 61.4 Å². The Bertz CT molecular complexity index is 1290. The van der Waals surface area contributed by atoms with Crippen molar-refractivity contribution in [3.05, 3.63) is 76.6 Å². The lowest BCUT2D eigenvalue weighted by atomic mass is 10.2. The fourth-order valence-electron chi connectivity index (χ4n) is 3.06. The molecular formula is C25H24ClF3N6O2. The molecular weight excluding hydrogens is 509 g/mol. The number of nitrogens with zero attached hydrogens (tertiary/aromatic N) is 2. The van der Waals surface area contributed by atoms with Crippen LogP contribution in [0.2, 0.25) is 5.02 Å². The van der Waals surface area contributed by atoms with Gasteiger partial charge in [0.2, 0.25) is 11.8 Å².